The van der Waals surface area contributed by atoms with E-state index in [0.29, 0.717) is 13.2 Å². The quantitative estimate of drug-likeness (QED) is 0.833. The minimum Gasteiger partial charge on any atom is -0.381 e. The Labute approximate surface area is 151 Å². The zero-order valence-electron chi connectivity index (χ0n) is 13.7. The van der Waals surface area contributed by atoms with Crippen LogP contribution in [0.5, 0.6) is 0 Å². The zero-order chi connectivity index (χ0) is 17.8. The topological polar surface area (TPSA) is 55.4 Å². The summed E-state index contributed by atoms with van der Waals surface area (Å²) in [5, 5.41) is 0. The minimum absolute atomic E-state index is 0.229. The number of nitrogens with one attached hydrogen (secondary N) is 1. The maximum Gasteiger partial charge on any atom is 0.243 e. The lowest BCUT2D eigenvalue weighted by atomic mass is 9.99. The summed E-state index contributed by atoms with van der Waals surface area (Å²) in [6.45, 7) is 1.40. The van der Waals surface area contributed by atoms with Crippen molar-refractivity contribution in [3.8, 4) is 0 Å². The predicted molar refractivity (Wildman–Crippen MR) is 96.7 cm³/mol. The van der Waals surface area contributed by atoms with Gasteiger partial charge in [0.25, 0.3) is 0 Å². The highest BCUT2D eigenvalue weighted by Gasteiger charge is 2.35. The molecule has 134 valence electrons. The second kappa shape index (κ2) is 7.86. The molecular weight excluding hydrogens is 361 g/mol. The Morgan fingerprint density at radius 3 is 2.36 bits per heavy atom. The van der Waals surface area contributed by atoms with Crippen LogP contribution in [-0.2, 0) is 14.8 Å². The van der Waals surface area contributed by atoms with Crippen molar-refractivity contribution < 1.29 is 17.5 Å². The number of hydrogen-bond donors (Lipinski definition) is 1. The number of benzene rings is 2. The second-order valence-electron chi connectivity index (χ2n) is 5.97. The number of ether oxygens (including phenoxy) is 1. The van der Waals surface area contributed by atoms with Crippen LogP contribution in [0.4, 0.5) is 4.39 Å². The molecule has 0 amide bonds. The summed E-state index contributed by atoms with van der Waals surface area (Å²) in [7, 11) is -3.90. The van der Waals surface area contributed by atoms with E-state index in [9.17, 15) is 12.8 Å². The van der Waals surface area contributed by atoms with Gasteiger partial charge in [-0.25, -0.2) is 17.5 Å². The smallest absolute Gasteiger partial charge is 0.243 e. The van der Waals surface area contributed by atoms with Crippen LogP contribution < -0.4 is 4.72 Å². The van der Waals surface area contributed by atoms with E-state index in [0.717, 1.165) is 23.8 Å². The Balaban J connectivity index is 1.78. The highest BCUT2D eigenvalue weighted by Crippen LogP contribution is 2.40. The van der Waals surface area contributed by atoms with Gasteiger partial charge < -0.3 is 4.74 Å². The van der Waals surface area contributed by atoms with Crippen molar-refractivity contribution in [2.45, 2.75) is 27.4 Å². The Morgan fingerprint density at radius 2 is 1.68 bits per heavy atom. The normalized spacial score (nSPS) is 17.3. The second-order valence-corrected chi connectivity index (χ2v) is 9.24. The third-order valence-corrected chi connectivity index (χ3v) is 7.12. The Morgan fingerprint density at radius 1 is 1.04 bits per heavy atom. The van der Waals surface area contributed by atoms with Crippen LogP contribution in [0.15, 0.2) is 64.4 Å². The van der Waals surface area contributed by atoms with Gasteiger partial charge >= 0.3 is 0 Å². The molecule has 25 heavy (non-hydrogen) atoms. The largest absolute Gasteiger partial charge is 0.381 e. The first-order valence-corrected chi connectivity index (χ1v) is 10.4. The van der Waals surface area contributed by atoms with Gasteiger partial charge in [-0.1, -0.05) is 30.3 Å². The molecule has 0 atom stereocenters. The molecule has 0 unspecified atom stereocenters. The fourth-order valence-corrected chi connectivity index (χ4v) is 5.37. The Hall–Kier alpha value is -1.41. The van der Waals surface area contributed by atoms with Crippen LogP contribution in [-0.4, -0.2) is 32.9 Å². The van der Waals surface area contributed by atoms with Gasteiger partial charge in [0.2, 0.25) is 10.0 Å². The van der Waals surface area contributed by atoms with Crippen molar-refractivity contribution in [3.05, 3.63) is 60.4 Å². The van der Waals surface area contributed by atoms with Gasteiger partial charge in [-0.15, -0.1) is 11.8 Å². The van der Waals surface area contributed by atoms with Crippen LogP contribution in [0.2, 0.25) is 0 Å². The molecule has 1 aliphatic rings. The molecule has 0 aliphatic carbocycles. The molecule has 3 rings (SSSR count). The summed E-state index contributed by atoms with van der Waals surface area (Å²) in [5.74, 6) is -0.744. The van der Waals surface area contributed by atoms with Crippen LogP contribution in [0, 0.1) is 5.82 Å². The third-order valence-electron chi connectivity index (χ3n) is 4.19. The molecule has 0 bridgehead atoms. The maximum absolute atomic E-state index is 13.8. The molecule has 0 aromatic heterocycles. The summed E-state index contributed by atoms with van der Waals surface area (Å²) in [6.07, 6.45) is 1.46. The van der Waals surface area contributed by atoms with Crippen LogP contribution in [0.3, 0.4) is 0 Å². The molecule has 2 aromatic carbocycles. The summed E-state index contributed by atoms with van der Waals surface area (Å²) >= 11 is 1.65. The van der Waals surface area contributed by atoms with E-state index in [1.807, 2.05) is 30.3 Å². The fraction of sp³-hybridized carbons (Fsp3) is 0.333. The van der Waals surface area contributed by atoms with E-state index >= 15 is 0 Å². The lowest BCUT2D eigenvalue weighted by Crippen LogP contribution is -2.44. The van der Waals surface area contributed by atoms with E-state index in [4.69, 9.17) is 4.74 Å². The molecule has 1 N–H and O–H groups in total. The zero-order valence-corrected chi connectivity index (χ0v) is 15.3. The lowest BCUT2D eigenvalue weighted by molar-refractivity contribution is 0.0784. The van der Waals surface area contributed by atoms with Gasteiger partial charge in [-0.2, -0.15) is 0 Å². The molecule has 1 fully saturated rings. The van der Waals surface area contributed by atoms with Crippen LogP contribution >= 0.6 is 11.8 Å². The van der Waals surface area contributed by atoms with Crippen molar-refractivity contribution in [1.82, 2.24) is 4.72 Å². The van der Waals surface area contributed by atoms with Crippen molar-refractivity contribution in [2.75, 3.05) is 19.8 Å². The average molecular weight is 381 g/mol. The summed E-state index contributed by atoms with van der Waals surface area (Å²) in [6, 6.07) is 15.3. The molecule has 1 saturated heterocycles. The van der Waals surface area contributed by atoms with Gasteiger partial charge in [0.05, 0.1) is 0 Å². The van der Waals surface area contributed by atoms with Crippen LogP contribution in [0.25, 0.3) is 0 Å². The molecule has 0 radical (unpaired) electrons. The number of rotatable bonds is 6. The SMILES string of the molecule is O=S(=O)(NCC1(Sc2ccccc2)CCOCC1)c1ccccc1F. The average Bonchev–Trinajstić information content (AvgIpc) is 2.62. The first-order valence-electron chi connectivity index (χ1n) is 8.07. The fourth-order valence-electron chi connectivity index (χ4n) is 2.76. The molecule has 4 nitrogen and oxygen atoms in total. The highest BCUT2D eigenvalue weighted by atomic mass is 32.2. The standard InChI is InChI=1S/C18H20FNO3S2/c19-16-8-4-5-9-17(16)25(21,22)20-14-18(10-12-23-13-11-18)24-15-6-2-1-3-7-15/h1-9,20H,10-14H2. The van der Waals surface area contributed by atoms with E-state index < -0.39 is 15.8 Å². The molecule has 0 saturated carbocycles. The number of halogens is 1. The van der Waals surface area contributed by atoms with Gasteiger partial charge in [-0.05, 0) is 37.1 Å². The van der Waals surface area contributed by atoms with Gasteiger partial charge in [0, 0.05) is 29.4 Å². The monoisotopic (exact) mass is 381 g/mol. The van der Waals surface area contributed by atoms with Gasteiger partial charge in [-0.3, -0.25) is 0 Å². The highest BCUT2D eigenvalue weighted by molar-refractivity contribution is 8.00. The molecule has 7 heteroatoms. The summed E-state index contributed by atoms with van der Waals surface area (Å²) < 4.78 is 46.6. The van der Waals surface area contributed by atoms with Crippen LogP contribution in [0.1, 0.15) is 12.8 Å². The molecular formula is C18H20FNO3S2. The van der Waals surface area contributed by atoms with Crippen molar-refractivity contribution in [3.63, 3.8) is 0 Å². The molecule has 1 aliphatic heterocycles. The van der Waals surface area contributed by atoms with E-state index in [2.05, 4.69) is 4.72 Å². The van der Waals surface area contributed by atoms with E-state index in [1.54, 1.807) is 11.8 Å². The Kier molecular flexibility index (Phi) is 5.78. The lowest BCUT2D eigenvalue weighted by Gasteiger charge is -2.36. The number of hydrogen-bond acceptors (Lipinski definition) is 4. The van der Waals surface area contributed by atoms with Crippen molar-refractivity contribution in [1.29, 1.82) is 0 Å². The van der Waals surface area contributed by atoms with Crippen molar-refractivity contribution >= 4 is 21.8 Å². The summed E-state index contributed by atoms with van der Waals surface area (Å²) in [4.78, 5) is 0.761. The minimum atomic E-state index is -3.90. The van der Waals surface area contributed by atoms with Gasteiger partial charge in [0.1, 0.15) is 10.7 Å². The first kappa shape index (κ1) is 18.4. The number of thioether (sulfide) groups is 1. The number of sulfonamides is 1. The van der Waals surface area contributed by atoms with Crippen molar-refractivity contribution in [2.24, 2.45) is 0 Å². The van der Waals surface area contributed by atoms with E-state index in [1.165, 1.54) is 18.2 Å². The molecule has 2 aromatic rings. The molecule has 1 heterocycles. The molecule has 0 spiro atoms. The van der Waals surface area contributed by atoms with E-state index in [-0.39, 0.29) is 16.2 Å². The summed E-state index contributed by atoms with van der Waals surface area (Å²) in [5.41, 5.74) is 0. The predicted octanol–water partition coefficient (Wildman–Crippen LogP) is 3.45. The Bertz CT molecular complexity index is 806. The van der Waals surface area contributed by atoms with Gasteiger partial charge in [0.15, 0.2) is 0 Å². The first-order chi connectivity index (χ1) is 12.0. The third kappa shape index (κ3) is 4.61. The maximum atomic E-state index is 13.8.